The van der Waals surface area contributed by atoms with Gasteiger partial charge in [0.05, 0.1) is 0 Å². The molecule has 0 unspecified atom stereocenters. The molecule has 0 spiro atoms. The lowest BCUT2D eigenvalue weighted by Crippen LogP contribution is -2.49. The Labute approximate surface area is 123 Å². The van der Waals surface area contributed by atoms with Gasteiger partial charge in [0.2, 0.25) is 0 Å². The summed E-state index contributed by atoms with van der Waals surface area (Å²) in [5.74, 6) is 0. The molecule has 3 nitrogen and oxygen atoms in total. The summed E-state index contributed by atoms with van der Waals surface area (Å²) < 4.78 is 0. The molecule has 0 amide bonds. The quantitative estimate of drug-likeness (QED) is 0.810. The molecular formula is C17H29N3. The lowest BCUT2D eigenvalue weighted by Gasteiger charge is -2.39. The lowest BCUT2D eigenvalue weighted by atomic mass is 10.0. The summed E-state index contributed by atoms with van der Waals surface area (Å²) in [5.41, 5.74) is 8.52. The van der Waals surface area contributed by atoms with Gasteiger partial charge in [-0.3, -0.25) is 4.90 Å². The van der Waals surface area contributed by atoms with Gasteiger partial charge in [0.25, 0.3) is 0 Å². The van der Waals surface area contributed by atoms with Crippen molar-refractivity contribution in [2.45, 2.75) is 39.2 Å². The minimum atomic E-state index is 0.664. The van der Waals surface area contributed by atoms with E-state index in [1.807, 2.05) is 0 Å². The smallest absolute Gasteiger partial charge is 0.0399 e. The fourth-order valence-corrected chi connectivity index (χ4v) is 2.97. The molecule has 1 heterocycles. The molecule has 0 radical (unpaired) electrons. The Kier molecular flexibility index (Phi) is 5.86. The van der Waals surface area contributed by atoms with Crippen LogP contribution in [0, 0.1) is 0 Å². The van der Waals surface area contributed by atoms with Crippen molar-refractivity contribution in [3.63, 3.8) is 0 Å². The summed E-state index contributed by atoms with van der Waals surface area (Å²) in [7, 11) is 0. The van der Waals surface area contributed by atoms with E-state index in [0.717, 1.165) is 32.5 Å². The van der Waals surface area contributed by atoms with Crippen molar-refractivity contribution in [3.8, 4) is 0 Å². The second-order valence-corrected chi connectivity index (χ2v) is 5.99. The Hall–Kier alpha value is -1.06. The zero-order valence-electron chi connectivity index (χ0n) is 13.0. The number of anilines is 1. The maximum absolute atomic E-state index is 5.60. The van der Waals surface area contributed by atoms with E-state index in [-0.39, 0.29) is 0 Å². The molecule has 1 aliphatic heterocycles. The molecule has 2 N–H and O–H groups in total. The van der Waals surface area contributed by atoms with E-state index in [0.29, 0.717) is 6.04 Å². The summed E-state index contributed by atoms with van der Waals surface area (Å²) in [5, 5.41) is 0. The number of unbranched alkanes of at least 4 members (excludes halogenated alkanes) is 1. The van der Waals surface area contributed by atoms with Gasteiger partial charge in [-0.15, -0.1) is 0 Å². The lowest BCUT2D eigenvalue weighted by molar-refractivity contribution is 0.209. The van der Waals surface area contributed by atoms with Crippen molar-refractivity contribution in [2.24, 2.45) is 5.73 Å². The molecule has 3 heteroatoms. The first-order valence-corrected chi connectivity index (χ1v) is 7.99. The largest absolute Gasteiger partial charge is 0.369 e. The van der Waals surface area contributed by atoms with Crippen LogP contribution in [0.3, 0.4) is 0 Å². The topological polar surface area (TPSA) is 32.5 Å². The van der Waals surface area contributed by atoms with E-state index in [9.17, 15) is 0 Å². The Bertz CT molecular complexity index is 395. The average Bonchev–Trinajstić information content (AvgIpc) is 2.48. The predicted molar refractivity (Wildman–Crippen MR) is 87.4 cm³/mol. The molecule has 0 aromatic heterocycles. The van der Waals surface area contributed by atoms with Crippen LogP contribution in [-0.4, -0.2) is 43.7 Å². The summed E-state index contributed by atoms with van der Waals surface area (Å²) in [6.07, 6.45) is 3.46. The zero-order chi connectivity index (χ0) is 14.4. The van der Waals surface area contributed by atoms with Crippen molar-refractivity contribution in [1.29, 1.82) is 0 Å². The van der Waals surface area contributed by atoms with Gasteiger partial charge in [-0.2, -0.15) is 0 Å². The molecule has 0 saturated carbocycles. The summed E-state index contributed by atoms with van der Waals surface area (Å²) in [6, 6.07) is 9.54. The summed E-state index contributed by atoms with van der Waals surface area (Å²) in [4.78, 5) is 5.12. The van der Waals surface area contributed by atoms with Crippen molar-refractivity contribution < 1.29 is 0 Å². The molecule has 20 heavy (non-hydrogen) atoms. The molecule has 2 rings (SSSR count). The Morgan fingerprint density at radius 3 is 2.40 bits per heavy atom. The van der Waals surface area contributed by atoms with Crippen LogP contribution in [0.4, 0.5) is 5.69 Å². The van der Waals surface area contributed by atoms with Gasteiger partial charge < -0.3 is 10.6 Å². The van der Waals surface area contributed by atoms with Crippen LogP contribution in [0.1, 0.15) is 32.3 Å². The summed E-state index contributed by atoms with van der Waals surface area (Å²) in [6.45, 7) is 10.0. The van der Waals surface area contributed by atoms with Gasteiger partial charge in [0.1, 0.15) is 0 Å². The number of piperazine rings is 1. The first kappa shape index (κ1) is 15.3. The normalized spacial score (nSPS) is 16.9. The van der Waals surface area contributed by atoms with Crippen molar-refractivity contribution in [2.75, 3.05) is 37.6 Å². The number of nitrogens with two attached hydrogens (primary N) is 1. The van der Waals surface area contributed by atoms with Crippen molar-refractivity contribution >= 4 is 5.69 Å². The van der Waals surface area contributed by atoms with E-state index >= 15 is 0 Å². The van der Waals surface area contributed by atoms with Gasteiger partial charge in [0, 0.05) is 37.9 Å². The van der Waals surface area contributed by atoms with Crippen molar-refractivity contribution in [3.05, 3.63) is 29.8 Å². The highest BCUT2D eigenvalue weighted by Crippen LogP contribution is 2.23. The number of rotatable bonds is 6. The molecule has 0 aliphatic carbocycles. The molecule has 1 aromatic rings. The highest BCUT2D eigenvalue weighted by atomic mass is 15.3. The van der Waals surface area contributed by atoms with Crippen LogP contribution >= 0.6 is 0 Å². The third kappa shape index (κ3) is 3.97. The predicted octanol–water partition coefficient (Wildman–Crippen LogP) is 2.50. The second-order valence-electron chi connectivity index (χ2n) is 5.99. The number of benzene rings is 1. The highest BCUT2D eigenvalue weighted by molar-refractivity contribution is 5.54. The molecule has 112 valence electrons. The minimum absolute atomic E-state index is 0.664. The molecular weight excluding hydrogens is 246 g/mol. The van der Waals surface area contributed by atoms with Gasteiger partial charge in [-0.1, -0.05) is 18.2 Å². The Morgan fingerprint density at radius 2 is 1.75 bits per heavy atom. The van der Waals surface area contributed by atoms with Crippen LogP contribution in [0.15, 0.2) is 24.3 Å². The van der Waals surface area contributed by atoms with E-state index in [4.69, 9.17) is 5.73 Å². The van der Waals surface area contributed by atoms with Crippen LogP contribution in [0.2, 0.25) is 0 Å². The van der Waals surface area contributed by atoms with Gasteiger partial charge >= 0.3 is 0 Å². The van der Waals surface area contributed by atoms with E-state index < -0.39 is 0 Å². The third-order valence-electron chi connectivity index (χ3n) is 4.28. The number of nitrogens with zero attached hydrogens (tertiary/aromatic N) is 2. The molecule has 1 fully saturated rings. The second kappa shape index (κ2) is 7.65. The molecule has 1 aromatic carbocycles. The number of aryl methyl sites for hydroxylation is 1. The zero-order valence-corrected chi connectivity index (χ0v) is 13.0. The fraction of sp³-hybridized carbons (Fsp3) is 0.647. The molecule has 0 atom stereocenters. The number of hydrogen-bond donors (Lipinski definition) is 1. The van der Waals surface area contributed by atoms with Crippen LogP contribution < -0.4 is 10.6 Å². The Balaban J connectivity index is 1.98. The van der Waals surface area contributed by atoms with Crippen LogP contribution in [0.5, 0.6) is 0 Å². The first-order valence-electron chi connectivity index (χ1n) is 7.99. The van der Waals surface area contributed by atoms with Gasteiger partial charge in [-0.05, 0) is 51.3 Å². The van der Waals surface area contributed by atoms with Crippen molar-refractivity contribution in [1.82, 2.24) is 4.90 Å². The monoisotopic (exact) mass is 275 g/mol. The van der Waals surface area contributed by atoms with E-state index in [1.54, 1.807) is 0 Å². The average molecular weight is 275 g/mol. The fourth-order valence-electron chi connectivity index (χ4n) is 2.97. The molecule has 1 aliphatic rings. The first-order chi connectivity index (χ1) is 9.72. The standard InChI is InChI=1S/C17H29N3/c1-15(2)19-11-13-20(14-12-19)17-9-4-3-7-16(17)8-5-6-10-18/h3-4,7,9,15H,5-6,8,10-14,18H2,1-2H3. The van der Waals surface area contributed by atoms with Gasteiger partial charge in [0.15, 0.2) is 0 Å². The Morgan fingerprint density at radius 1 is 1.05 bits per heavy atom. The van der Waals surface area contributed by atoms with E-state index in [2.05, 4.69) is 47.9 Å². The molecule has 0 bridgehead atoms. The SMILES string of the molecule is CC(C)N1CCN(c2ccccc2CCCCN)CC1. The van der Waals surface area contributed by atoms with E-state index in [1.165, 1.54) is 30.8 Å². The number of hydrogen-bond acceptors (Lipinski definition) is 3. The third-order valence-corrected chi connectivity index (χ3v) is 4.28. The van der Waals surface area contributed by atoms with Crippen LogP contribution in [-0.2, 0) is 6.42 Å². The van der Waals surface area contributed by atoms with Crippen LogP contribution in [0.25, 0.3) is 0 Å². The van der Waals surface area contributed by atoms with Gasteiger partial charge in [-0.25, -0.2) is 0 Å². The maximum Gasteiger partial charge on any atom is 0.0399 e. The number of para-hydroxylation sites is 1. The minimum Gasteiger partial charge on any atom is -0.369 e. The maximum atomic E-state index is 5.60. The highest BCUT2D eigenvalue weighted by Gasteiger charge is 2.20. The molecule has 1 saturated heterocycles. The summed E-state index contributed by atoms with van der Waals surface area (Å²) >= 11 is 0.